The van der Waals surface area contributed by atoms with Crippen molar-refractivity contribution in [2.24, 2.45) is 0 Å². The molecule has 0 atom stereocenters. The molecule has 0 fully saturated rings. The Balaban J connectivity index is 1.64. The van der Waals surface area contributed by atoms with Crippen LogP contribution in [0.2, 0.25) is 0 Å². The van der Waals surface area contributed by atoms with Gasteiger partial charge in [0.05, 0.1) is 5.75 Å². The van der Waals surface area contributed by atoms with Crippen LogP contribution in [0.3, 0.4) is 0 Å². The van der Waals surface area contributed by atoms with Gasteiger partial charge < -0.3 is 9.64 Å². The standard InChI is InChI=1S/C20H21F2N3O2S2/c1-11-12(2)29-19-17(11)18(23-13(3)24-19)28-10-16(26)25(4)9-14-5-7-15(8-6-14)27-20(21)22/h5-8,20H,9-10H2,1-4H3. The lowest BCUT2D eigenvalue weighted by molar-refractivity contribution is -0.127. The molecule has 2 heterocycles. The SMILES string of the molecule is Cc1nc(SCC(=O)N(C)Cc2ccc(OC(F)F)cc2)c2c(C)c(C)sc2n1. The molecule has 1 amide bonds. The number of carbonyl (C=O) groups excluding carboxylic acids is 1. The van der Waals surface area contributed by atoms with Crippen LogP contribution in [0, 0.1) is 20.8 Å². The van der Waals surface area contributed by atoms with E-state index >= 15 is 0 Å². The maximum atomic E-state index is 12.6. The lowest BCUT2D eigenvalue weighted by atomic mass is 10.2. The Kier molecular flexibility index (Phi) is 6.69. The van der Waals surface area contributed by atoms with E-state index in [1.165, 1.54) is 28.8 Å². The molecule has 0 bridgehead atoms. The van der Waals surface area contributed by atoms with Crippen molar-refractivity contribution in [3.8, 4) is 5.75 Å². The molecule has 1 aromatic carbocycles. The summed E-state index contributed by atoms with van der Waals surface area (Å²) in [4.78, 5) is 25.4. The number of nitrogens with zero attached hydrogens (tertiary/aromatic N) is 3. The predicted molar refractivity (Wildman–Crippen MR) is 112 cm³/mol. The van der Waals surface area contributed by atoms with Crippen molar-refractivity contribution >= 4 is 39.2 Å². The highest BCUT2D eigenvalue weighted by Crippen LogP contribution is 2.35. The number of halogens is 2. The van der Waals surface area contributed by atoms with E-state index in [0.29, 0.717) is 12.4 Å². The quantitative estimate of drug-likeness (QED) is 0.386. The fourth-order valence-electron chi connectivity index (χ4n) is 2.80. The number of thiophene rings is 1. The molecule has 154 valence electrons. The number of carbonyl (C=O) groups is 1. The van der Waals surface area contributed by atoms with E-state index in [9.17, 15) is 13.6 Å². The van der Waals surface area contributed by atoms with Crippen molar-refractivity contribution in [2.75, 3.05) is 12.8 Å². The van der Waals surface area contributed by atoms with Gasteiger partial charge in [-0.25, -0.2) is 9.97 Å². The number of benzene rings is 1. The number of hydrogen-bond donors (Lipinski definition) is 0. The molecular formula is C20H21F2N3O2S2. The fraction of sp³-hybridized carbons (Fsp3) is 0.350. The zero-order valence-electron chi connectivity index (χ0n) is 16.5. The number of ether oxygens (including phenoxy) is 1. The highest BCUT2D eigenvalue weighted by atomic mass is 32.2. The first-order valence-electron chi connectivity index (χ1n) is 8.89. The van der Waals surface area contributed by atoms with Crippen LogP contribution in [0.4, 0.5) is 8.78 Å². The first-order valence-corrected chi connectivity index (χ1v) is 10.7. The minimum Gasteiger partial charge on any atom is -0.435 e. The highest BCUT2D eigenvalue weighted by Gasteiger charge is 2.17. The summed E-state index contributed by atoms with van der Waals surface area (Å²) < 4.78 is 28.8. The van der Waals surface area contributed by atoms with E-state index in [1.54, 1.807) is 35.4 Å². The van der Waals surface area contributed by atoms with Gasteiger partial charge in [-0.05, 0) is 44.0 Å². The normalized spacial score (nSPS) is 11.3. The van der Waals surface area contributed by atoms with E-state index in [2.05, 4.69) is 21.6 Å². The van der Waals surface area contributed by atoms with Crippen molar-refractivity contribution in [1.29, 1.82) is 0 Å². The summed E-state index contributed by atoms with van der Waals surface area (Å²) >= 11 is 3.05. The highest BCUT2D eigenvalue weighted by molar-refractivity contribution is 8.00. The summed E-state index contributed by atoms with van der Waals surface area (Å²) in [6.45, 7) is 3.48. The molecule has 0 spiro atoms. The molecule has 0 N–H and O–H groups in total. The van der Waals surface area contributed by atoms with Gasteiger partial charge in [-0.3, -0.25) is 4.79 Å². The topological polar surface area (TPSA) is 55.3 Å². The molecule has 2 aromatic heterocycles. The van der Waals surface area contributed by atoms with Crippen LogP contribution in [0.15, 0.2) is 29.3 Å². The zero-order chi connectivity index (χ0) is 21.1. The van der Waals surface area contributed by atoms with Crippen LogP contribution in [-0.2, 0) is 11.3 Å². The number of rotatable bonds is 7. The molecule has 5 nitrogen and oxygen atoms in total. The fourth-order valence-corrected chi connectivity index (χ4v) is 5.01. The lowest BCUT2D eigenvalue weighted by Gasteiger charge is -2.17. The second-order valence-corrected chi connectivity index (χ2v) is 8.77. The number of alkyl halides is 2. The number of thioether (sulfide) groups is 1. The maximum Gasteiger partial charge on any atom is 0.387 e. The van der Waals surface area contributed by atoms with Crippen LogP contribution in [-0.4, -0.2) is 40.2 Å². The van der Waals surface area contributed by atoms with Crippen LogP contribution in [0.25, 0.3) is 10.2 Å². The maximum absolute atomic E-state index is 12.6. The molecule has 29 heavy (non-hydrogen) atoms. The van der Waals surface area contributed by atoms with Gasteiger partial charge in [-0.1, -0.05) is 23.9 Å². The van der Waals surface area contributed by atoms with Gasteiger partial charge in [0.25, 0.3) is 0 Å². The average Bonchev–Trinajstić information content (AvgIpc) is 2.94. The summed E-state index contributed by atoms with van der Waals surface area (Å²) in [6, 6.07) is 6.28. The van der Waals surface area contributed by atoms with Gasteiger partial charge in [0, 0.05) is 23.9 Å². The van der Waals surface area contributed by atoms with Gasteiger partial charge in [-0.2, -0.15) is 8.78 Å². The summed E-state index contributed by atoms with van der Waals surface area (Å²) in [6.07, 6.45) is 0. The molecule has 0 saturated carbocycles. The third-order valence-electron chi connectivity index (χ3n) is 4.43. The molecule has 0 saturated heterocycles. The third kappa shape index (κ3) is 5.22. The summed E-state index contributed by atoms with van der Waals surface area (Å²) in [5.41, 5.74) is 1.98. The summed E-state index contributed by atoms with van der Waals surface area (Å²) in [5.74, 6) is 0.992. The van der Waals surface area contributed by atoms with E-state index in [4.69, 9.17) is 0 Å². The average molecular weight is 438 g/mol. The first kappa shape index (κ1) is 21.4. The number of fused-ring (bicyclic) bond motifs is 1. The summed E-state index contributed by atoms with van der Waals surface area (Å²) in [5, 5.41) is 1.85. The number of hydrogen-bond acceptors (Lipinski definition) is 6. The van der Waals surface area contributed by atoms with Crippen molar-refractivity contribution in [3.05, 3.63) is 46.1 Å². The molecule has 9 heteroatoms. The van der Waals surface area contributed by atoms with Crippen LogP contribution in [0.5, 0.6) is 5.75 Å². The van der Waals surface area contributed by atoms with Crippen LogP contribution < -0.4 is 4.74 Å². The van der Waals surface area contributed by atoms with Gasteiger partial charge in [0.2, 0.25) is 5.91 Å². The van der Waals surface area contributed by atoms with Gasteiger partial charge in [0.1, 0.15) is 21.4 Å². The third-order valence-corrected chi connectivity index (χ3v) is 6.49. The molecule has 3 aromatic rings. The molecule has 0 aliphatic heterocycles. The van der Waals surface area contributed by atoms with Crippen LogP contribution >= 0.6 is 23.1 Å². The van der Waals surface area contributed by atoms with Crippen molar-refractivity contribution in [2.45, 2.75) is 39.0 Å². The van der Waals surface area contributed by atoms with Gasteiger partial charge in [0.15, 0.2) is 0 Å². The molecule has 0 radical (unpaired) electrons. The van der Waals surface area contributed by atoms with Crippen LogP contribution in [0.1, 0.15) is 21.8 Å². The molecule has 0 aliphatic rings. The monoisotopic (exact) mass is 437 g/mol. The minimum atomic E-state index is -2.85. The second kappa shape index (κ2) is 9.04. The predicted octanol–water partition coefficient (Wildman–Crippen LogP) is 4.97. The Morgan fingerprint density at radius 2 is 1.90 bits per heavy atom. The van der Waals surface area contributed by atoms with Gasteiger partial charge >= 0.3 is 6.61 Å². The van der Waals surface area contributed by atoms with E-state index in [0.717, 1.165) is 26.4 Å². The zero-order valence-corrected chi connectivity index (χ0v) is 18.2. The minimum absolute atomic E-state index is 0.0445. The number of amides is 1. The number of aryl methyl sites for hydroxylation is 3. The van der Waals surface area contributed by atoms with Gasteiger partial charge in [-0.15, -0.1) is 11.3 Å². The van der Waals surface area contributed by atoms with Crippen molar-refractivity contribution < 1.29 is 18.3 Å². The smallest absolute Gasteiger partial charge is 0.387 e. The van der Waals surface area contributed by atoms with Crippen molar-refractivity contribution in [1.82, 2.24) is 14.9 Å². The number of aromatic nitrogens is 2. The Morgan fingerprint density at radius 3 is 2.55 bits per heavy atom. The molecule has 0 aliphatic carbocycles. The lowest BCUT2D eigenvalue weighted by Crippen LogP contribution is -2.27. The Labute approximate surface area is 176 Å². The summed E-state index contributed by atoms with van der Waals surface area (Å²) in [7, 11) is 1.72. The van der Waals surface area contributed by atoms with E-state index < -0.39 is 6.61 Å². The second-order valence-electron chi connectivity index (χ2n) is 6.60. The Hall–Kier alpha value is -2.26. The molecular weight excluding hydrogens is 416 g/mol. The largest absolute Gasteiger partial charge is 0.435 e. The Morgan fingerprint density at radius 1 is 1.21 bits per heavy atom. The van der Waals surface area contributed by atoms with E-state index in [-0.39, 0.29) is 17.4 Å². The molecule has 0 unspecified atom stereocenters. The van der Waals surface area contributed by atoms with Crippen molar-refractivity contribution in [3.63, 3.8) is 0 Å². The molecule has 3 rings (SSSR count). The van der Waals surface area contributed by atoms with E-state index in [1.807, 2.05) is 13.8 Å². The first-order chi connectivity index (χ1) is 13.7. The Bertz CT molecular complexity index is 1020.